The summed E-state index contributed by atoms with van der Waals surface area (Å²) in [5.74, 6) is -0.870. The van der Waals surface area contributed by atoms with Crippen molar-refractivity contribution >= 4 is 11.9 Å². The molecule has 0 spiro atoms. The number of piperidine rings is 1. The number of carboxylic acids is 1. The predicted octanol–water partition coefficient (Wildman–Crippen LogP) is 1.22. The van der Waals surface area contributed by atoms with E-state index in [1.807, 2.05) is 6.92 Å². The molecule has 1 heterocycles. The van der Waals surface area contributed by atoms with E-state index in [9.17, 15) is 14.7 Å². The van der Waals surface area contributed by atoms with Crippen molar-refractivity contribution in [3.8, 4) is 0 Å². The predicted molar refractivity (Wildman–Crippen MR) is 71.5 cm³/mol. The van der Waals surface area contributed by atoms with Crippen molar-refractivity contribution in [3.63, 3.8) is 0 Å². The molecule has 2 unspecified atom stereocenters. The summed E-state index contributed by atoms with van der Waals surface area (Å²) in [4.78, 5) is 25.4. The highest BCUT2D eigenvalue weighted by Crippen LogP contribution is 2.43. The number of aliphatic carboxylic acids is 1. The van der Waals surface area contributed by atoms with Gasteiger partial charge in [0.1, 0.15) is 6.04 Å². The summed E-state index contributed by atoms with van der Waals surface area (Å²) in [5, 5.41) is 9.34. The van der Waals surface area contributed by atoms with Gasteiger partial charge in [0.15, 0.2) is 0 Å². The number of carbonyl (C=O) groups is 2. The molecule has 0 bridgehead atoms. The highest BCUT2D eigenvalue weighted by molar-refractivity contribution is 5.84. The number of hydrogen-bond acceptors (Lipinski definition) is 3. The molecule has 108 valence electrons. The number of nitrogens with zero attached hydrogens (tertiary/aromatic N) is 1. The monoisotopic (exact) mass is 268 g/mol. The lowest BCUT2D eigenvalue weighted by Gasteiger charge is -2.44. The third-order valence-electron chi connectivity index (χ3n) is 4.88. The first kappa shape index (κ1) is 14.3. The highest BCUT2D eigenvalue weighted by Gasteiger charge is 2.42. The van der Waals surface area contributed by atoms with Gasteiger partial charge < -0.3 is 15.7 Å². The SMILES string of the molecule is CC1CCCN(C(=O)CC2(CN)CCC2)C1C(=O)O. The molecule has 2 rings (SSSR count). The highest BCUT2D eigenvalue weighted by atomic mass is 16.4. The average Bonchev–Trinajstić information content (AvgIpc) is 2.32. The van der Waals surface area contributed by atoms with Gasteiger partial charge in [-0.2, -0.15) is 0 Å². The van der Waals surface area contributed by atoms with E-state index in [0.29, 0.717) is 19.5 Å². The number of likely N-dealkylation sites (tertiary alicyclic amines) is 1. The molecule has 0 aromatic carbocycles. The van der Waals surface area contributed by atoms with Crippen LogP contribution in [0.1, 0.15) is 45.4 Å². The summed E-state index contributed by atoms with van der Waals surface area (Å²) >= 11 is 0. The Morgan fingerprint density at radius 1 is 1.37 bits per heavy atom. The van der Waals surface area contributed by atoms with Crippen molar-refractivity contribution in [1.29, 1.82) is 0 Å². The topological polar surface area (TPSA) is 83.6 Å². The normalized spacial score (nSPS) is 29.7. The summed E-state index contributed by atoms with van der Waals surface area (Å²) < 4.78 is 0. The largest absolute Gasteiger partial charge is 0.480 e. The van der Waals surface area contributed by atoms with Crippen LogP contribution in [-0.4, -0.2) is 41.0 Å². The molecule has 1 saturated carbocycles. The lowest BCUT2D eigenvalue weighted by molar-refractivity contribution is -0.156. The first-order chi connectivity index (χ1) is 8.99. The number of hydrogen-bond donors (Lipinski definition) is 2. The average molecular weight is 268 g/mol. The maximum absolute atomic E-state index is 12.4. The zero-order valence-electron chi connectivity index (χ0n) is 11.6. The Hall–Kier alpha value is -1.10. The van der Waals surface area contributed by atoms with Gasteiger partial charge in [-0.05, 0) is 43.6 Å². The Kier molecular flexibility index (Phi) is 4.13. The van der Waals surface area contributed by atoms with Gasteiger partial charge in [-0.1, -0.05) is 13.3 Å². The number of carboxylic acid groups (broad SMARTS) is 1. The summed E-state index contributed by atoms with van der Waals surface area (Å²) in [5.41, 5.74) is 5.73. The lowest BCUT2D eigenvalue weighted by Crippen LogP contribution is -2.53. The maximum atomic E-state index is 12.4. The van der Waals surface area contributed by atoms with E-state index >= 15 is 0 Å². The first-order valence-electron chi connectivity index (χ1n) is 7.21. The molecule has 2 atom stereocenters. The van der Waals surface area contributed by atoms with E-state index < -0.39 is 12.0 Å². The van der Waals surface area contributed by atoms with Crippen LogP contribution in [0, 0.1) is 11.3 Å². The van der Waals surface area contributed by atoms with Crippen LogP contribution in [0.4, 0.5) is 0 Å². The summed E-state index contributed by atoms with van der Waals surface area (Å²) in [6.07, 6.45) is 5.31. The molecule has 5 nitrogen and oxygen atoms in total. The van der Waals surface area contributed by atoms with Crippen molar-refractivity contribution in [2.45, 2.75) is 51.5 Å². The second-order valence-electron chi connectivity index (χ2n) is 6.22. The molecule has 3 N–H and O–H groups in total. The second-order valence-corrected chi connectivity index (χ2v) is 6.22. The molecule has 2 fully saturated rings. The zero-order valence-corrected chi connectivity index (χ0v) is 11.6. The van der Waals surface area contributed by atoms with Crippen molar-refractivity contribution in [2.75, 3.05) is 13.1 Å². The van der Waals surface area contributed by atoms with E-state index in [-0.39, 0.29) is 17.2 Å². The Balaban J connectivity index is 2.05. The molecule has 0 aromatic heterocycles. The number of nitrogens with two attached hydrogens (primary N) is 1. The van der Waals surface area contributed by atoms with Gasteiger partial charge in [0.05, 0.1) is 0 Å². The molecule has 1 amide bonds. The van der Waals surface area contributed by atoms with E-state index in [0.717, 1.165) is 32.1 Å². The van der Waals surface area contributed by atoms with Gasteiger partial charge in [0.25, 0.3) is 0 Å². The minimum Gasteiger partial charge on any atom is -0.480 e. The van der Waals surface area contributed by atoms with E-state index in [1.54, 1.807) is 4.90 Å². The van der Waals surface area contributed by atoms with Gasteiger partial charge in [-0.25, -0.2) is 4.79 Å². The lowest BCUT2D eigenvalue weighted by atomic mass is 9.66. The van der Waals surface area contributed by atoms with Crippen LogP contribution in [0.25, 0.3) is 0 Å². The fraction of sp³-hybridized carbons (Fsp3) is 0.857. The van der Waals surface area contributed by atoms with Crippen LogP contribution in [0.3, 0.4) is 0 Å². The van der Waals surface area contributed by atoms with E-state index in [1.165, 1.54) is 0 Å². The number of rotatable bonds is 4. The molecule has 1 saturated heterocycles. The zero-order chi connectivity index (χ0) is 14.0. The Morgan fingerprint density at radius 3 is 2.53 bits per heavy atom. The molecule has 1 aliphatic heterocycles. The van der Waals surface area contributed by atoms with Gasteiger partial charge >= 0.3 is 5.97 Å². The van der Waals surface area contributed by atoms with E-state index in [2.05, 4.69) is 0 Å². The van der Waals surface area contributed by atoms with Crippen molar-refractivity contribution < 1.29 is 14.7 Å². The quantitative estimate of drug-likeness (QED) is 0.803. The smallest absolute Gasteiger partial charge is 0.326 e. The van der Waals surface area contributed by atoms with Crippen LogP contribution in [-0.2, 0) is 9.59 Å². The van der Waals surface area contributed by atoms with E-state index in [4.69, 9.17) is 5.73 Å². The van der Waals surface area contributed by atoms with Crippen LogP contribution < -0.4 is 5.73 Å². The molecule has 0 aromatic rings. The van der Waals surface area contributed by atoms with Gasteiger partial charge in [-0.15, -0.1) is 0 Å². The van der Waals surface area contributed by atoms with Crippen molar-refractivity contribution in [2.24, 2.45) is 17.1 Å². The van der Waals surface area contributed by atoms with Gasteiger partial charge in [-0.3, -0.25) is 4.79 Å². The molecule has 19 heavy (non-hydrogen) atoms. The molecular weight excluding hydrogens is 244 g/mol. The Bertz CT molecular complexity index is 360. The summed E-state index contributed by atoms with van der Waals surface area (Å²) in [6, 6.07) is -0.656. The minimum atomic E-state index is -0.879. The summed E-state index contributed by atoms with van der Waals surface area (Å²) in [7, 11) is 0. The van der Waals surface area contributed by atoms with Crippen molar-refractivity contribution in [1.82, 2.24) is 4.90 Å². The van der Waals surface area contributed by atoms with Crippen LogP contribution in [0.5, 0.6) is 0 Å². The second kappa shape index (κ2) is 5.49. The fourth-order valence-electron chi connectivity index (χ4n) is 3.40. The fourth-order valence-corrected chi connectivity index (χ4v) is 3.40. The molecule has 0 radical (unpaired) electrons. The number of carbonyl (C=O) groups excluding carboxylic acids is 1. The minimum absolute atomic E-state index is 0.0240. The maximum Gasteiger partial charge on any atom is 0.326 e. The number of amides is 1. The van der Waals surface area contributed by atoms with Crippen LogP contribution >= 0.6 is 0 Å². The molecule has 2 aliphatic rings. The van der Waals surface area contributed by atoms with Crippen LogP contribution in [0.15, 0.2) is 0 Å². The van der Waals surface area contributed by atoms with Crippen molar-refractivity contribution in [3.05, 3.63) is 0 Å². The Morgan fingerprint density at radius 2 is 2.05 bits per heavy atom. The van der Waals surface area contributed by atoms with Crippen LogP contribution in [0.2, 0.25) is 0 Å². The summed E-state index contributed by atoms with van der Waals surface area (Å²) in [6.45, 7) is 3.01. The standard InChI is InChI=1S/C14H24N2O3/c1-10-4-2-7-16(12(10)13(18)19)11(17)8-14(9-15)5-3-6-14/h10,12H,2-9,15H2,1H3,(H,18,19). The first-order valence-corrected chi connectivity index (χ1v) is 7.21. The molecule has 1 aliphatic carbocycles. The van der Waals surface area contributed by atoms with Gasteiger partial charge in [0, 0.05) is 13.0 Å². The van der Waals surface area contributed by atoms with Gasteiger partial charge in [0.2, 0.25) is 5.91 Å². The molecule has 5 heteroatoms. The third kappa shape index (κ3) is 2.76. The molecular formula is C14H24N2O3. The third-order valence-corrected chi connectivity index (χ3v) is 4.88. The Labute approximate surface area is 114 Å².